The minimum atomic E-state index is -5.02. The summed E-state index contributed by atoms with van der Waals surface area (Å²) in [5.41, 5.74) is 1.40. The van der Waals surface area contributed by atoms with E-state index in [-0.39, 0.29) is 111 Å². The van der Waals surface area contributed by atoms with Crippen LogP contribution in [0.5, 0.6) is 11.5 Å². The van der Waals surface area contributed by atoms with Gasteiger partial charge in [-0.2, -0.15) is 37.3 Å². The van der Waals surface area contributed by atoms with Gasteiger partial charge in [-0.1, -0.05) is 47.9 Å². The summed E-state index contributed by atoms with van der Waals surface area (Å²) >= 11 is 0. The predicted molar refractivity (Wildman–Crippen MR) is 153 cm³/mol. The van der Waals surface area contributed by atoms with Gasteiger partial charge in [0, 0.05) is 5.39 Å². The third-order valence-electron chi connectivity index (χ3n) is 6.38. The second kappa shape index (κ2) is 16.9. The largest absolute Gasteiger partial charge is 1.00 e. The van der Waals surface area contributed by atoms with Gasteiger partial charge in [-0.25, -0.2) is 0 Å². The van der Waals surface area contributed by atoms with E-state index in [9.17, 15) is 46.1 Å². The SMILES string of the molecule is O=C([O-])c1cc(N=Nc2ccc(-c3ccc(N=Nc4c([O-])c(S(=O)(=O)O)cc5cc(S(=O)(=O)O)ccc45)cc3)cc2)ccc1[O-].[Na+].[Na+].[Na+]. The number of carbonyl (C=O) groups is 1. The monoisotopic (exact) mass is 714 g/mol. The standard InChI is InChI=1S/C29H20N4O10S2.3Na/c34-25-12-9-21(15-24(25)29(36)37)32-30-19-5-1-16(2-6-19)17-3-7-20(8-4-17)31-33-27-23-11-10-22(44(38,39)40)13-18(23)14-26(28(27)35)45(41,42)43;;;/h1-15,34-35H,(H,36,37)(H,38,39,40)(H,41,42,43);;;/q;3*+1/p-3. The van der Waals surface area contributed by atoms with Crippen molar-refractivity contribution in [3.8, 4) is 22.6 Å². The Bertz CT molecular complexity index is 2270. The van der Waals surface area contributed by atoms with E-state index in [0.29, 0.717) is 5.69 Å². The number of hydrogen-bond acceptors (Lipinski definition) is 12. The van der Waals surface area contributed by atoms with Gasteiger partial charge in [0.25, 0.3) is 20.2 Å². The van der Waals surface area contributed by atoms with Crippen LogP contribution in [0.3, 0.4) is 0 Å². The number of azo groups is 2. The second-order valence-corrected chi connectivity index (χ2v) is 12.2. The van der Waals surface area contributed by atoms with Gasteiger partial charge in [0.1, 0.15) is 0 Å². The van der Waals surface area contributed by atoms with Crippen LogP contribution < -0.4 is 104 Å². The Balaban J connectivity index is 0.00000267. The summed E-state index contributed by atoms with van der Waals surface area (Å²) < 4.78 is 65.6. The summed E-state index contributed by atoms with van der Waals surface area (Å²) in [7, 11) is -9.67. The van der Waals surface area contributed by atoms with E-state index in [0.717, 1.165) is 47.5 Å². The average molecular weight is 715 g/mol. The molecule has 5 rings (SSSR count). The number of carboxylic acid groups (broad SMARTS) is 1. The number of rotatable bonds is 8. The van der Waals surface area contributed by atoms with E-state index in [2.05, 4.69) is 20.5 Å². The van der Waals surface area contributed by atoms with Crippen molar-refractivity contribution < 1.29 is 135 Å². The van der Waals surface area contributed by atoms with Gasteiger partial charge in [-0.15, -0.1) is 0 Å². The summed E-state index contributed by atoms with van der Waals surface area (Å²) in [6.07, 6.45) is 0. The normalized spacial score (nSPS) is 11.5. The second-order valence-electron chi connectivity index (χ2n) is 9.35. The fraction of sp³-hybridized carbons (Fsp3) is 0. The van der Waals surface area contributed by atoms with Crippen LogP contribution in [0.4, 0.5) is 22.7 Å². The number of carbonyl (C=O) groups excluding carboxylic acids is 1. The van der Waals surface area contributed by atoms with E-state index in [1.807, 2.05) is 0 Å². The minimum absolute atomic E-state index is 0. The first-order chi connectivity index (χ1) is 21.2. The molecule has 0 fully saturated rings. The van der Waals surface area contributed by atoms with Gasteiger partial charge < -0.3 is 20.1 Å². The maximum Gasteiger partial charge on any atom is 1.00 e. The molecule has 0 aliphatic rings. The van der Waals surface area contributed by atoms with E-state index in [4.69, 9.17) is 0 Å². The number of carboxylic acids is 1. The zero-order valence-electron chi connectivity index (χ0n) is 25.4. The predicted octanol–water partition coefficient (Wildman–Crippen LogP) is -4.65. The molecule has 0 spiro atoms. The van der Waals surface area contributed by atoms with Gasteiger partial charge in [0.05, 0.1) is 38.5 Å². The smallest absolute Gasteiger partial charge is 0.872 e. The van der Waals surface area contributed by atoms with Crippen LogP contribution in [0.1, 0.15) is 10.4 Å². The molecule has 228 valence electrons. The molecule has 5 aromatic carbocycles. The quantitative estimate of drug-likeness (QED) is 0.0884. The third-order valence-corrected chi connectivity index (χ3v) is 8.09. The summed E-state index contributed by atoms with van der Waals surface area (Å²) in [6.45, 7) is 0. The van der Waals surface area contributed by atoms with Gasteiger partial charge in [-0.05, 0) is 76.7 Å². The fourth-order valence-electron chi connectivity index (χ4n) is 4.18. The van der Waals surface area contributed by atoms with Crippen molar-refractivity contribution in [2.45, 2.75) is 9.79 Å². The molecule has 0 saturated heterocycles. The van der Waals surface area contributed by atoms with Crippen molar-refractivity contribution >= 4 is 59.7 Å². The van der Waals surface area contributed by atoms with Crippen LogP contribution >= 0.6 is 0 Å². The van der Waals surface area contributed by atoms with Crippen LogP contribution in [0.15, 0.2) is 121 Å². The molecule has 0 heterocycles. The van der Waals surface area contributed by atoms with Crippen molar-refractivity contribution in [1.29, 1.82) is 0 Å². The van der Waals surface area contributed by atoms with Gasteiger partial charge >= 0.3 is 88.7 Å². The molecule has 0 aliphatic carbocycles. The van der Waals surface area contributed by atoms with E-state index < -0.39 is 58.7 Å². The molecule has 2 N–H and O–H groups in total. The first-order valence-electron chi connectivity index (χ1n) is 12.5. The number of fused-ring (bicyclic) bond motifs is 1. The maximum atomic E-state index is 12.9. The van der Waals surface area contributed by atoms with E-state index >= 15 is 0 Å². The molecular formula is C29H17N4Na3O10S2. The topological polar surface area (TPSA) is 244 Å². The molecular weight excluding hydrogens is 697 g/mol. The number of benzene rings is 5. The van der Waals surface area contributed by atoms with Gasteiger partial charge in [-0.3, -0.25) is 9.11 Å². The Hall–Kier alpha value is -2.55. The molecule has 0 saturated carbocycles. The van der Waals surface area contributed by atoms with Crippen LogP contribution in [0, 0.1) is 0 Å². The molecule has 0 unspecified atom stereocenters. The zero-order valence-corrected chi connectivity index (χ0v) is 33.1. The summed E-state index contributed by atoms with van der Waals surface area (Å²) in [5, 5.41) is 51.3. The van der Waals surface area contributed by atoms with Crippen molar-refractivity contribution in [2.24, 2.45) is 20.5 Å². The van der Waals surface area contributed by atoms with E-state index in [1.165, 1.54) is 6.07 Å². The summed E-state index contributed by atoms with van der Waals surface area (Å²) in [6, 6.07) is 20.7. The molecule has 48 heavy (non-hydrogen) atoms. The Kier molecular flexibility index (Phi) is 14.7. The molecule has 0 atom stereocenters. The molecule has 0 amide bonds. The first kappa shape index (κ1) is 41.6. The summed E-state index contributed by atoms with van der Waals surface area (Å²) in [5.74, 6) is -3.47. The van der Waals surface area contributed by atoms with Crippen LogP contribution in [0.2, 0.25) is 0 Å². The molecule has 5 aromatic rings. The van der Waals surface area contributed by atoms with Crippen LogP contribution in [-0.4, -0.2) is 31.9 Å². The Morgan fingerprint density at radius 1 is 0.604 bits per heavy atom. The Morgan fingerprint density at radius 2 is 1.10 bits per heavy atom. The van der Waals surface area contributed by atoms with Crippen molar-refractivity contribution in [1.82, 2.24) is 0 Å². The first-order valence-corrected chi connectivity index (χ1v) is 15.4. The molecule has 0 aliphatic heterocycles. The molecule has 14 nitrogen and oxygen atoms in total. The molecule has 0 bridgehead atoms. The Morgan fingerprint density at radius 3 is 1.60 bits per heavy atom. The zero-order chi connectivity index (χ0) is 32.5. The van der Waals surface area contributed by atoms with Crippen LogP contribution in [0.25, 0.3) is 21.9 Å². The van der Waals surface area contributed by atoms with Crippen molar-refractivity contribution in [3.63, 3.8) is 0 Å². The van der Waals surface area contributed by atoms with Gasteiger partial charge in [0.15, 0.2) is 0 Å². The molecule has 0 radical (unpaired) electrons. The minimum Gasteiger partial charge on any atom is -0.872 e. The summed E-state index contributed by atoms with van der Waals surface area (Å²) in [4.78, 5) is 9.42. The van der Waals surface area contributed by atoms with Crippen molar-refractivity contribution in [3.05, 3.63) is 96.6 Å². The van der Waals surface area contributed by atoms with E-state index in [1.54, 1.807) is 48.5 Å². The van der Waals surface area contributed by atoms with Crippen LogP contribution in [-0.2, 0) is 20.2 Å². The number of nitrogens with zero attached hydrogens (tertiary/aromatic N) is 4. The number of aromatic carboxylic acids is 1. The Labute approximate surface area is 340 Å². The van der Waals surface area contributed by atoms with Gasteiger partial charge in [0.2, 0.25) is 0 Å². The maximum absolute atomic E-state index is 12.9. The molecule has 19 heteroatoms. The molecule has 0 aromatic heterocycles. The van der Waals surface area contributed by atoms with Crippen molar-refractivity contribution in [2.75, 3.05) is 0 Å². The number of hydrogen-bond donors (Lipinski definition) is 2. The third kappa shape index (κ3) is 9.79. The average Bonchev–Trinajstić information content (AvgIpc) is 2.99. The fourth-order valence-corrected chi connectivity index (χ4v) is 5.30.